The van der Waals surface area contributed by atoms with Gasteiger partial charge in [0.1, 0.15) is 32.5 Å². The summed E-state index contributed by atoms with van der Waals surface area (Å²) in [6.07, 6.45) is 0. The number of non-ortho nitro benzene ring substituents is 1. The third-order valence-corrected chi connectivity index (χ3v) is 7.94. The zero-order valence-electron chi connectivity index (χ0n) is 22.9. The lowest BCUT2D eigenvalue weighted by Crippen LogP contribution is -1.99. The molecule has 0 fully saturated rings. The number of aromatic hydroxyl groups is 2. The number of nitrogens with two attached hydrogens (primary N) is 1. The third kappa shape index (κ3) is 9.21. The van der Waals surface area contributed by atoms with Gasteiger partial charge in [0, 0.05) is 17.8 Å². The number of rotatable bonds is 10. The van der Waals surface area contributed by atoms with Crippen molar-refractivity contribution in [3.8, 4) is 11.5 Å². The van der Waals surface area contributed by atoms with Crippen LogP contribution in [0.25, 0.3) is 10.8 Å². The summed E-state index contributed by atoms with van der Waals surface area (Å²) in [6, 6.07) is 9.33. The Hall–Kier alpha value is -5.19. The van der Waals surface area contributed by atoms with Crippen LogP contribution in [0.3, 0.4) is 0 Å². The van der Waals surface area contributed by atoms with Gasteiger partial charge in [-0.25, -0.2) is 5.26 Å². The Morgan fingerprint density at radius 3 is 1.96 bits per heavy atom. The number of nitro benzene ring substituents is 1. The van der Waals surface area contributed by atoms with E-state index in [0.717, 1.165) is 42.5 Å². The van der Waals surface area contributed by atoms with Crippen LogP contribution in [0, 0.1) is 10.1 Å². The summed E-state index contributed by atoms with van der Waals surface area (Å²) in [5.74, 6) is -1.83. The Morgan fingerprint density at radius 2 is 1.38 bits per heavy atom. The first-order chi connectivity index (χ1) is 22.3. The lowest BCUT2D eigenvalue weighted by Gasteiger charge is -2.11. The van der Waals surface area contributed by atoms with Crippen molar-refractivity contribution in [3.63, 3.8) is 0 Å². The van der Waals surface area contributed by atoms with Gasteiger partial charge in [-0.1, -0.05) is 11.1 Å². The summed E-state index contributed by atoms with van der Waals surface area (Å²) in [7, 11) is -13.0. The van der Waals surface area contributed by atoms with E-state index in [0.29, 0.717) is 0 Å². The molecule has 4 rings (SSSR count). The quantitative estimate of drug-likeness (QED) is 0.0247. The molecule has 0 saturated carbocycles. The van der Waals surface area contributed by atoms with Gasteiger partial charge < -0.3 is 15.9 Å². The number of hydrogen-bond acceptors (Lipinski definition) is 20. The fourth-order valence-corrected chi connectivity index (χ4v) is 5.37. The molecule has 0 amide bonds. The van der Waals surface area contributed by atoms with Gasteiger partial charge in [0.25, 0.3) is 25.9 Å². The van der Waals surface area contributed by atoms with E-state index >= 15 is 0 Å². The van der Waals surface area contributed by atoms with Gasteiger partial charge in [-0.3, -0.25) is 19.2 Å². The molecule has 0 atom stereocenters. The molecule has 0 bridgehead atoms. The molecular weight excluding hydrogens is 733 g/mol. The number of azo groups is 2. The molecule has 0 heterocycles. The van der Waals surface area contributed by atoms with Crippen molar-refractivity contribution in [3.05, 3.63) is 64.7 Å². The Labute approximate surface area is 272 Å². The fraction of sp³-hybridized carbons (Fsp3) is 0. The van der Waals surface area contributed by atoms with Crippen molar-refractivity contribution in [2.24, 2.45) is 20.5 Å². The summed E-state index contributed by atoms with van der Waals surface area (Å²) in [5, 5.41) is 59.2. The van der Waals surface area contributed by atoms with Gasteiger partial charge in [0.05, 0.1) is 27.2 Å². The number of fused-ring (bicyclic) bond motifs is 1. The Kier molecular flexibility index (Phi) is 11.8. The molecule has 0 aromatic heterocycles. The minimum absolute atomic E-state index is 0.0597. The molecule has 22 nitrogen and oxygen atoms in total. The zero-order chi connectivity index (χ0) is 36.0. The molecule has 26 heteroatoms. The second kappa shape index (κ2) is 15.1. The van der Waals surface area contributed by atoms with E-state index in [9.17, 15) is 46.3 Å². The van der Waals surface area contributed by atoms with Gasteiger partial charge in [-0.15, -0.1) is 37.4 Å². The first-order valence-electron chi connectivity index (χ1n) is 11.7. The van der Waals surface area contributed by atoms with Gasteiger partial charge in [0.2, 0.25) is 0 Å². The van der Waals surface area contributed by atoms with Gasteiger partial charge in [-0.05, 0) is 41.8 Å². The normalized spacial score (nSPS) is 11.9. The van der Waals surface area contributed by atoms with Crippen molar-refractivity contribution in [1.29, 1.82) is 0 Å². The first-order valence-corrected chi connectivity index (χ1v) is 16.4. The lowest BCUT2D eigenvalue weighted by atomic mass is 10.1. The van der Waals surface area contributed by atoms with Crippen molar-refractivity contribution in [2.75, 3.05) is 5.73 Å². The van der Waals surface area contributed by atoms with E-state index in [1.165, 1.54) is 12.1 Å². The molecule has 48 heavy (non-hydrogen) atoms. The second-order valence-corrected chi connectivity index (χ2v) is 12.5. The van der Waals surface area contributed by atoms with Crippen LogP contribution in [0.4, 0.5) is 34.1 Å². The minimum atomic E-state index is -5.09. The number of nitrogens with zero attached hydrogens (tertiary/aromatic N) is 5. The van der Waals surface area contributed by atoms with E-state index < -0.39 is 79.5 Å². The summed E-state index contributed by atoms with van der Waals surface area (Å²) < 4.78 is 96.6. The molecule has 7 N–H and O–H groups in total. The van der Waals surface area contributed by atoms with Gasteiger partial charge in [0.15, 0.2) is 11.5 Å². The van der Waals surface area contributed by atoms with Crippen molar-refractivity contribution < 1.29 is 68.3 Å². The summed E-state index contributed by atoms with van der Waals surface area (Å²) in [4.78, 5) is 8.58. The Morgan fingerprint density at radius 1 is 0.792 bits per heavy atom. The number of benzene rings is 4. The smallest absolute Gasteiger partial charge is 0.425 e. The lowest BCUT2D eigenvalue weighted by molar-refractivity contribution is -0.432. The van der Waals surface area contributed by atoms with Crippen molar-refractivity contribution in [1.82, 2.24) is 0 Å². The van der Waals surface area contributed by atoms with E-state index in [1.807, 2.05) is 0 Å². The zero-order valence-corrected chi connectivity index (χ0v) is 26.1. The monoisotopic (exact) mass is 748 g/mol. The first kappa shape index (κ1) is 37.3. The second-order valence-electron chi connectivity index (χ2n) is 8.52. The predicted octanol–water partition coefficient (Wildman–Crippen LogP) is 4.49. The van der Waals surface area contributed by atoms with E-state index in [2.05, 4.69) is 29.8 Å². The minimum Gasteiger partial charge on any atom is -0.505 e. The molecule has 254 valence electrons. The number of anilines is 1. The van der Waals surface area contributed by atoms with Crippen LogP contribution in [0.15, 0.2) is 89.7 Å². The van der Waals surface area contributed by atoms with Crippen LogP contribution < -0.4 is 5.73 Å². The molecule has 0 aliphatic heterocycles. The third-order valence-electron chi connectivity index (χ3n) is 5.54. The maximum Gasteiger partial charge on any atom is 0.425 e. The van der Waals surface area contributed by atoms with Crippen LogP contribution in [0.5, 0.6) is 11.5 Å². The van der Waals surface area contributed by atoms with Crippen LogP contribution in [-0.2, 0) is 40.2 Å². The maximum atomic E-state index is 12.2. The highest BCUT2D eigenvalue weighted by Crippen LogP contribution is 2.48. The maximum absolute atomic E-state index is 12.2. The highest BCUT2D eigenvalue weighted by atomic mass is 32.2. The summed E-state index contributed by atoms with van der Waals surface area (Å²) >= 11 is 0.257. The standard InChI is InChI=1S/C22H16N6O13S3.O3S/c23-11-2-6-17(43(34,35)36)15(8-11)26-25-14-4-1-10-7-18(44(37,38)39)20(22(30)19(10)21(14)29)27-24-13-5-3-12(28(31)32)9-16(13)42-41-40-33;1-4(2)3/h1-9,29-30,33H,23H2,(H,34,35,36)(H,37,38,39);. The number of phenols is 2. The van der Waals surface area contributed by atoms with E-state index in [4.69, 9.17) is 23.6 Å². The van der Waals surface area contributed by atoms with Crippen molar-refractivity contribution in [2.45, 2.75) is 14.7 Å². The van der Waals surface area contributed by atoms with Crippen LogP contribution >= 0.6 is 12.0 Å². The molecule has 0 spiro atoms. The van der Waals surface area contributed by atoms with Crippen LogP contribution in [0.2, 0.25) is 0 Å². The van der Waals surface area contributed by atoms with Crippen molar-refractivity contribution >= 4 is 87.8 Å². The Balaban J connectivity index is 0.00000148. The highest BCUT2D eigenvalue weighted by Gasteiger charge is 2.25. The Bertz CT molecular complexity index is 2310. The highest BCUT2D eigenvalue weighted by molar-refractivity contribution is 7.94. The van der Waals surface area contributed by atoms with Crippen LogP contribution in [-0.4, -0.2) is 59.0 Å². The average Bonchev–Trinajstić information content (AvgIpc) is 2.97. The molecule has 4 aromatic carbocycles. The molecule has 0 saturated heterocycles. The number of hydrogen-bond donors (Lipinski definition) is 6. The fourth-order valence-electron chi connectivity index (χ4n) is 3.64. The molecular formula is C22H16N6O16S4. The predicted molar refractivity (Wildman–Crippen MR) is 160 cm³/mol. The average molecular weight is 749 g/mol. The molecule has 0 radical (unpaired) electrons. The molecule has 0 aliphatic carbocycles. The number of phenolic OH excluding ortho intramolecular Hbond substituents is 2. The van der Waals surface area contributed by atoms with Crippen LogP contribution in [0.1, 0.15) is 0 Å². The SMILES string of the molecule is Nc1ccc(S(=O)(=O)O)c(N=Nc2ccc3cc(S(=O)(=O)O)c(N=Nc4ccc([N+](=O)[O-])cc4SOOO)c(O)c3c2O)c1.O=S(=O)=O. The van der Waals surface area contributed by atoms with E-state index in [1.54, 1.807) is 0 Å². The summed E-state index contributed by atoms with van der Waals surface area (Å²) in [6.45, 7) is 0. The van der Waals surface area contributed by atoms with Gasteiger partial charge in [-0.2, -0.15) is 16.8 Å². The van der Waals surface area contributed by atoms with E-state index in [-0.39, 0.29) is 39.4 Å². The molecule has 0 unspecified atom stereocenters. The largest absolute Gasteiger partial charge is 0.505 e. The molecule has 4 aromatic rings. The van der Waals surface area contributed by atoms with Gasteiger partial charge >= 0.3 is 10.6 Å². The number of nitro groups is 1. The molecule has 0 aliphatic rings. The number of nitrogen functional groups attached to an aromatic ring is 1. The summed E-state index contributed by atoms with van der Waals surface area (Å²) in [5.41, 5.74) is 3.38. The topological polar surface area (TPSA) is 358 Å².